The van der Waals surface area contributed by atoms with Gasteiger partial charge in [-0.25, -0.2) is 0 Å². The summed E-state index contributed by atoms with van der Waals surface area (Å²) in [4.78, 5) is 10.1. The summed E-state index contributed by atoms with van der Waals surface area (Å²) >= 11 is 0. The molecule has 13 N–H and O–H groups in total. The van der Waals surface area contributed by atoms with Crippen molar-refractivity contribution in [2.24, 2.45) is 32.9 Å². The predicted molar refractivity (Wildman–Crippen MR) is 87.2 cm³/mol. The van der Waals surface area contributed by atoms with Crippen LogP contribution in [0.15, 0.2) is 9.98 Å². The van der Waals surface area contributed by atoms with Crippen LogP contribution >= 0.6 is 12.4 Å². The van der Waals surface area contributed by atoms with E-state index in [1.165, 1.54) is 0 Å². The Balaban J connectivity index is -0.0000000284. The molecule has 0 bridgehead atoms. The molecule has 0 unspecified atom stereocenters. The maximum Gasteiger partial charge on any atom is 1.00 e. The van der Waals surface area contributed by atoms with Crippen molar-refractivity contribution in [1.29, 1.82) is 10.8 Å². The SMILES string of the molecule is CN(C)C(N)=NC(=N)N.CN(C)C(N)=NC(=N)N.Cl.O.[Cl-].[Na+].[Na+].[OH-]. The van der Waals surface area contributed by atoms with Crippen LogP contribution in [0.1, 0.15) is 0 Å². The molecule has 0 aromatic heterocycles. The van der Waals surface area contributed by atoms with E-state index in [4.69, 9.17) is 33.8 Å². The first-order valence-corrected chi connectivity index (χ1v) is 4.79. The maximum absolute atomic E-state index is 6.70. The summed E-state index contributed by atoms with van der Waals surface area (Å²) in [7, 11) is 6.90. The Morgan fingerprint density at radius 3 is 0.958 bits per heavy atom. The van der Waals surface area contributed by atoms with Crippen molar-refractivity contribution >= 4 is 36.2 Å². The molecule has 16 heteroatoms. The Bertz CT molecular complexity index is 335. The Hall–Kier alpha value is -0.0200. The van der Waals surface area contributed by atoms with Crippen LogP contribution < -0.4 is 94.5 Å². The van der Waals surface area contributed by atoms with Gasteiger partial charge in [0.1, 0.15) is 0 Å². The van der Waals surface area contributed by atoms with Crippen LogP contribution in [0.25, 0.3) is 0 Å². The number of guanidine groups is 4. The number of aliphatic imine (C=N–C) groups is 2. The van der Waals surface area contributed by atoms with Gasteiger partial charge in [-0.05, 0) is 0 Å². The zero-order chi connectivity index (χ0) is 14.9. The fourth-order valence-corrected chi connectivity index (χ4v) is 0.447. The summed E-state index contributed by atoms with van der Waals surface area (Å²) < 4.78 is 0. The first-order valence-electron chi connectivity index (χ1n) is 4.79. The number of rotatable bonds is 0. The second kappa shape index (κ2) is 27.8. The summed E-state index contributed by atoms with van der Waals surface area (Å²) in [6, 6.07) is 0. The van der Waals surface area contributed by atoms with Gasteiger partial charge in [0, 0.05) is 28.2 Å². The summed E-state index contributed by atoms with van der Waals surface area (Å²) in [6.07, 6.45) is 0. The number of nitrogens with one attached hydrogen (secondary N) is 2. The molecule has 0 rings (SSSR count). The topological polar surface area (TPSA) is 244 Å². The zero-order valence-electron chi connectivity index (χ0n) is 14.8. The minimum atomic E-state index is -0.277. The van der Waals surface area contributed by atoms with Gasteiger partial charge < -0.3 is 56.1 Å². The van der Waals surface area contributed by atoms with Crippen LogP contribution in [0, 0.1) is 10.8 Å². The summed E-state index contributed by atoms with van der Waals surface area (Å²) in [5, 5.41) is 13.4. The Morgan fingerprint density at radius 1 is 0.750 bits per heavy atom. The normalized spacial score (nSPS) is 8.33. The molecule has 0 saturated carbocycles. The molecule has 0 radical (unpaired) electrons. The van der Waals surface area contributed by atoms with Crippen LogP contribution in [0.2, 0.25) is 0 Å². The molecular weight excluding hydrogens is 385 g/mol. The fraction of sp³-hybridized carbons (Fsp3) is 0.500. The number of hydrogen-bond donors (Lipinski definition) is 6. The molecule has 0 atom stereocenters. The predicted octanol–water partition coefficient (Wildman–Crippen LogP) is -12.1. The molecule has 0 aliphatic carbocycles. The second-order valence-electron chi connectivity index (χ2n) is 3.50. The average Bonchev–Trinajstić information content (AvgIpc) is 2.16. The first-order chi connectivity index (χ1) is 8.07. The van der Waals surface area contributed by atoms with Gasteiger partial charge in [0.2, 0.25) is 11.9 Å². The van der Waals surface area contributed by atoms with Crippen LogP contribution in [0.4, 0.5) is 0 Å². The maximum atomic E-state index is 6.70. The minimum Gasteiger partial charge on any atom is -1.00 e. The van der Waals surface area contributed by atoms with Gasteiger partial charge in [-0.15, -0.1) is 12.4 Å². The summed E-state index contributed by atoms with van der Waals surface area (Å²) in [6.45, 7) is 0. The van der Waals surface area contributed by atoms with E-state index in [-0.39, 0.29) is 119 Å². The third-order valence-electron chi connectivity index (χ3n) is 1.39. The molecule has 0 spiro atoms. The molecule has 0 fully saturated rings. The molecule has 0 amide bonds. The van der Waals surface area contributed by atoms with Crippen LogP contribution in [0.3, 0.4) is 0 Å². The Kier molecular flexibility index (Phi) is 57.5. The smallest absolute Gasteiger partial charge is 1.00 e. The number of nitrogens with two attached hydrogens (primary N) is 4. The van der Waals surface area contributed by atoms with E-state index in [1.807, 2.05) is 0 Å². The molecule has 0 aromatic carbocycles. The van der Waals surface area contributed by atoms with E-state index in [0.717, 1.165) is 0 Å². The van der Waals surface area contributed by atoms with E-state index in [9.17, 15) is 0 Å². The molecule has 0 aliphatic rings. The first kappa shape index (κ1) is 49.6. The number of nitrogens with zero attached hydrogens (tertiary/aromatic N) is 4. The van der Waals surface area contributed by atoms with E-state index >= 15 is 0 Å². The van der Waals surface area contributed by atoms with E-state index in [0.29, 0.717) is 0 Å². The standard InChI is InChI=1S/2C4H11N5.2ClH.2Na.2H2O/c2*1-9(2)4(7)8-3(5)6;;;;;;/h2*1-2H3,(H5,5,6,7,8);2*1H;;;2*1H2/q;;;;2*+1;;/p-2. The minimum absolute atomic E-state index is 0. The van der Waals surface area contributed by atoms with Crippen molar-refractivity contribution < 1.29 is 82.5 Å². The van der Waals surface area contributed by atoms with Gasteiger partial charge in [-0.2, -0.15) is 9.98 Å². The van der Waals surface area contributed by atoms with Crippen molar-refractivity contribution in [2.75, 3.05) is 28.2 Å². The third-order valence-corrected chi connectivity index (χ3v) is 1.39. The molecule has 0 aliphatic heterocycles. The Labute approximate surface area is 198 Å². The van der Waals surface area contributed by atoms with Crippen LogP contribution in [-0.2, 0) is 0 Å². The van der Waals surface area contributed by atoms with Gasteiger partial charge in [0.15, 0.2) is 11.9 Å². The summed E-state index contributed by atoms with van der Waals surface area (Å²) in [5.41, 5.74) is 20.4. The summed E-state index contributed by atoms with van der Waals surface area (Å²) in [5.74, 6) is -0.0765. The van der Waals surface area contributed by atoms with Gasteiger partial charge >= 0.3 is 59.1 Å². The third kappa shape index (κ3) is 37.9. The second-order valence-corrected chi connectivity index (χ2v) is 3.50. The monoisotopic (exact) mass is 410 g/mol. The Morgan fingerprint density at radius 2 is 0.917 bits per heavy atom. The number of hydrogen-bond acceptors (Lipinski definition) is 3. The average molecular weight is 411 g/mol. The molecular formula is C8H26Cl2N10Na2O2. The van der Waals surface area contributed by atoms with Crippen molar-refractivity contribution in [1.82, 2.24) is 9.80 Å². The van der Waals surface area contributed by atoms with E-state index < -0.39 is 0 Å². The number of halogens is 2. The molecule has 0 heterocycles. The molecule has 136 valence electrons. The van der Waals surface area contributed by atoms with Crippen LogP contribution in [0.5, 0.6) is 0 Å². The molecule has 24 heavy (non-hydrogen) atoms. The zero-order valence-corrected chi connectivity index (χ0v) is 20.4. The van der Waals surface area contributed by atoms with Gasteiger partial charge in [-0.3, -0.25) is 10.8 Å². The molecule has 12 nitrogen and oxygen atoms in total. The van der Waals surface area contributed by atoms with Crippen molar-refractivity contribution in [3.63, 3.8) is 0 Å². The van der Waals surface area contributed by atoms with Gasteiger partial charge in [0.05, 0.1) is 0 Å². The van der Waals surface area contributed by atoms with Crippen molar-refractivity contribution in [2.45, 2.75) is 0 Å². The quantitative estimate of drug-likeness (QED) is 0.127. The van der Waals surface area contributed by atoms with Gasteiger partial charge in [0.25, 0.3) is 0 Å². The fourth-order valence-electron chi connectivity index (χ4n) is 0.447. The van der Waals surface area contributed by atoms with Crippen molar-refractivity contribution in [3.05, 3.63) is 0 Å². The van der Waals surface area contributed by atoms with Gasteiger partial charge in [-0.1, -0.05) is 0 Å². The molecule has 0 saturated heterocycles. The molecule has 0 aromatic rings. The van der Waals surface area contributed by atoms with E-state index in [2.05, 4.69) is 9.98 Å². The largest absolute Gasteiger partial charge is 1.00 e. The van der Waals surface area contributed by atoms with Crippen LogP contribution in [-0.4, -0.2) is 72.8 Å². The van der Waals surface area contributed by atoms with E-state index in [1.54, 1.807) is 38.0 Å². The van der Waals surface area contributed by atoms with Crippen molar-refractivity contribution in [3.8, 4) is 0 Å².